The van der Waals surface area contributed by atoms with Crippen molar-refractivity contribution in [2.24, 2.45) is 5.92 Å². The van der Waals surface area contributed by atoms with Crippen LogP contribution in [0.15, 0.2) is 36.5 Å². The Balaban J connectivity index is 2.03. The molecule has 1 heterocycles. The fourth-order valence-electron chi connectivity index (χ4n) is 1.66. The van der Waals surface area contributed by atoms with Gasteiger partial charge in [0.2, 0.25) is 5.88 Å². The van der Waals surface area contributed by atoms with Crippen molar-refractivity contribution in [2.75, 3.05) is 6.61 Å². The molecule has 1 N–H and O–H groups in total. The third-order valence-corrected chi connectivity index (χ3v) is 3.37. The van der Waals surface area contributed by atoms with E-state index in [1.54, 1.807) is 0 Å². The SMILES string of the molecule is CC(COc1ccc(Oc2ncc(C(F)(F)F)cc2Cl)cc1)C(=O)O. The summed E-state index contributed by atoms with van der Waals surface area (Å²) >= 11 is 5.76. The van der Waals surface area contributed by atoms with Crippen LogP contribution in [0.4, 0.5) is 13.2 Å². The number of nitrogens with zero attached hydrogens (tertiary/aromatic N) is 1. The summed E-state index contributed by atoms with van der Waals surface area (Å²) < 4.78 is 48.3. The second kappa shape index (κ2) is 7.60. The van der Waals surface area contributed by atoms with Crippen LogP contribution in [0.2, 0.25) is 5.02 Å². The van der Waals surface area contributed by atoms with Crippen LogP contribution in [-0.4, -0.2) is 22.7 Å². The molecule has 2 rings (SSSR count). The third kappa shape index (κ3) is 5.25. The quantitative estimate of drug-likeness (QED) is 0.796. The lowest BCUT2D eigenvalue weighted by Crippen LogP contribution is -2.17. The molecule has 0 aliphatic heterocycles. The molecule has 9 heteroatoms. The van der Waals surface area contributed by atoms with E-state index in [0.29, 0.717) is 11.9 Å². The van der Waals surface area contributed by atoms with Gasteiger partial charge in [0.25, 0.3) is 0 Å². The second-order valence-corrected chi connectivity index (χ2v) is 5.54. The molecule has 0 spiro atoms. The zero-order valence-corrected chi connectivity index (χ0v) is 13.6. The Morgan fingerprint density at radius 1 is 1.28 bits per heavy atom. The van der Waals surface area contributed by atoms with Gasteiger partial charge in [0.05, 0.1) is 11.5 Å². The third-order valence-electron chi connectivity index (χ3n) is 3.09. The van der Waals surface area contributed by atoms with Crippen molar-refractivity contribution in [1.82, 2.24) is 4.98 Å². The number of carboxylic acids is 1. The van der Waals surface area contributed by atoms with Gasteiger partial charge in [-0.15, -0.1) is 0 Å². The number of ether oxygens (including phenoxy) is 2. The number of halogens is 4. The number of alkyl halides is 3. The molecule has 0 amide bonds. The first-order chi connectivity index (χ1) is 11.7. The molecule has 0 saturated heterocycles. The second-order valence-electron chi connectivity index (χ2n) is 5.13. The predicted molar refractivity (Wildman–Crippen MR) is 83.1 cm³/mol. The molecule has 2 aromatic rings. The molecule has 1 unspecified atom stereocenters. The number of aliphatic carboxylic acids is 1. The van der Waals surface area contributed by atoms with Gasteiger partial charge in [-0.2, -0.15) is 13.2 Å². The van der Waals surface area contributed by atoms with Crippen LogP contribution < -0.4 is 9.47 Å². The Morgan fingerprint density at radius 2 is 1.88 bits per heavy atom. The van der Waals surface area contributed by atoms with Crippen LogP contribution >= 0.6 is 11.6 Å². The van der Waals surface area contributed by atoms with Gasteiger partial charge in [0, 0.05) is 6.20 Å². The van der Waals surface area contributed by atoms with Crippen molar-refractivity contribution in [2.45, 2.75) is 13.1 Å². The summed E-state index contributed by atoms with van der Waals surface area (Å²) in [6.07, 6.45) is -3.91. The minimum absolute atomic E-state index is 0.00181. The van der Waals surface area contributed by atoms with Gasteiger partial charge in [0.15, 0.2) is 0 Å². The van der Waals surface area contributed by atoms with E-state index >= 15 is 0 Å². The zero-order chi connectivity index (χ0) is 18.6. The number of pyridine rings is 1. The lowest BCUT2D eigenvalue weighted by molar-refractivity contribution is -0.142. The van der Waals surface area contributed by atoms with Crippen molar-refractivity contribution < 1.29 is 32.5 Å². The number of aromatic nitrogens is 1. The van der Waals surface area contributed by atoms with Crippen LogP contribution in [0, 0.1) is 5.92 Å². The highest BCUT2D eigenvalue weighted by molar-refractivity contribution is 6.31. The minimum Gasteiger partial charge on any atom is -0.493 e. The van der Waals surface area contributed by atoms with E-state index < -0.39 is 23.6 Å². The Labute approximate surface area is 146 Å². The molecule has 25 heavy (non-hydrogen) atoms. The molecule has 1 aromatic heterocycles. The van der Waals surface area contributed by atoms with Crippen LogP contribution in [0.5, 0.6) is 17.4 Å². The standard InChI is InChI=1S/C16H13ClF3NO4/c1-9(15(22)23)8-24-11-2-4-12(5-3-11)25-14-13(17)6-10(7-21-14)16(18,19)20/h2-7,9H,8H2,1H3,(H,22,23). The topological polar surface area (TPSA) is 68.7 Å². The Kier molecular flexibility index (Phi) is 5.73. The monoisotopic (exact) mass is 375 g/mol. The predicted octanol–water partition coefficient (Wildman–Crippen LogP) is 4.65. The van der Waals surface area contributed by atoms with Crippen molar-refractivity contribution in [3.63, 3.8) is 0 Å². The molecule has 134 valence electrons. The number of hydrogen-bond acceptors (Lipinski definition) is 4. The molecule has 0 bridgehead atoms. The smallest absolute Gasteiger partial charge is 0.417 e. The van der Waals surface area contributed by atoms with Crippen molar-refractivity contribution in [3.05, 3.63) is 47.1 Å². The molecular weight excluding hydrogens is 363 g/mol. The zero-order valence-electron chi connectivity index (χ0n) is 12.9. The van der Waals surface area contributed by atoms with Crippen LogP contribution in [0.25, 0.3) is 0 Å². The fraction of sp³-hybridized carbons (Fsp3) is 0.250. The van der Waals surface area contributed by atoms with E-state index in [2.05, 4.69) is 4.98 Å². The highest BCUT2D eigenvalue weighted by atomic mass is 35.5. The van der Waals surface area contributed by atoms with E-state index in [-0.39, 0.29) is 23.3 Å². The average molecular weight is 376 g/mol. The molecule has 1 atom stereocenters. The van der Waals surface area contributed by atoms with E-state index in [9.17, 15) is 18.0 Å². The van der Waals surface area contributed by atoms with Crippen LogP contribution in [-0.2, 0) is 11.0 Å². The molecule has 0 fully saturated rings. The average Bonchev–Trinajstić information content (AvgIpc) is 2.54. The van der Waals surface area contributed by atoms with Crippen molar-refractivity contribution >= 4 is 17.6 Å². The van der Waals surface area contributed by atoms with Gasteiger partial charge >= 0.3 is 12.1 Å². The highest BCUT2D eigenvalue weighted by Crippen LogP contribution is 2.34. The number of carbonyl (C=O) groups is 1. The first-order valence-electron chi connectivity index (χ1n) is 7.03. The minimum atomic E-state index is -4.54. The molecule has 5 nitrogen and oxygen atoms in total. The van der Waals surface area contributed by atoms with Crippen molar-refractivity contribution in [3.8, 4) is 17.4 Å². The summed E-state index contributed by atoms with van der Waals surface area (Å²) in [5, 5.41) is 8.50. The Bertz CT molecular complexity index is 750. The molecule has 1 aromatic carbocycles. The summed E-state index contributed by atoms with van der Waals surface area (Å²) in [6, 6.07) is 6.78. The maximum atomic E-state index is 12.6. The van der Waals surface area contributed by atoms with Gasteiger partial charge in [-0.25, -0.2) is 4.98 Å². The van der Waals surface area contributed by atoms with Gasteiger partial charge in [-0.1, -0.05) is 11.6 Å². The van der Waals surface area contributed by atoms with E-state index in [1.807, 2.05) is 0 Å². The maximum Gasteiger partial charge on any atom is 0.417 e. The van der Waals surface area contributed by atoms with Gasteiger partial charge in [-0.3, -0.25) is 4.79 Å². The van der Waals surface area contributed by atoms with E-state index in [0.717, 1.165) is 6.07 Å². The maximum absolute atomic E-state index is 12.6. The first-order valence-corrected chi connectivity index (χ1v) is 7.41. The van der Waals surface area contributed by atoms with Crippen molar-refractivity contribution in [1.29, 1.82) is 0 Å². The van der Waals surface area contributed by atoms with Crippen LogP contribution in [0.3, 0.4) is 0 Å². The Morgan fingerprint density at radius 3 is 2.40 bits per heavy atom. The fourth-order valence-corrected chi connectivity index (χ4v) is 1.87. The van der Waals surface area contributed by atoms with E-state index in [1.165, 1.54) is 31.2 Å². The van der Waals surface area contributed by atoms with Crippen LogP contribution in [0.1, 0.15) is 12.5 Å². The van der Waals surface area contributed by atoms with Gasteiger partial charge in [-0.05, 0) is 37.3 Å². The molecule has 0 aliphatic carbocycles. The molecule has 0 aliphatic rings. The van der Waals surface area contributed by atoms with E-state index in [4.69, 9.17) is 26.2 Å². The molecule has 0 saturated carbocycles. The summed E-state index contributed by atoms with van der Waals surface area (Å²) in [4.78, 5) is 14.3. The number of rotatable bonds is 6. The molecular formula is C16H13ClF3NO4. The lowest BCUT2D eigenvalue weighted by atomic mass is 10.2. The first kappa shape index (κ1) is 18.9. The van der Waals surface area contributed by atoms with Gasteiger partial charge < -0.3 is 14.6 Å². The van der Waals surface area contributed by atoms with Gasteiger partial charge in [0.1, 0.15) is 23.1 Å². The highest BCUT2D eigenvalue weighted by Gasteiger charge is 2.31. The summed E-state index contributed by atoms with van der Waals surface area (Å²) in [7, 11) is 0. The lowest BCUT2D eigenvalue weighted by Gasteiger charge is -2.11. The summed E-state index contributed by atoms with van der Waals surface area (Å²) in [5.41, 5.74) is -0.971. The normalized spacial score (nSPS) is 12.5. The number of benzene rings is 1. The molecule has 0 radical (unpaired) electrons. The summed E-state index contributed by atoms with van der Waals surface area (Å²) in [6.45, 7) is 1.51. The largest absolute Gasteiger partial charge is 0.493 e. The number of carboxylic acid groups (broad SMARTS) is 1. The number of hydrogen-bond donors (Lipinski definition) is 1. The Hall–Kier alpha value is -2.48. The summed E-state index contributed by atoms with van der Waals surface area (Å²) in [5.74, 6) is -1.09.